The first-order valence-corrected chi connectivity index (χ1v) is 5.40. The first-order chi connectivity index (χ1) is 7.18. The van der Waals surface area contributed by atoms with E-state index in [-0.39, 0.29) is 5.82 Å². The molecule has 5 heteroatoms. The number of rotatable bonds is 2. The number of aliphatic imine (C=N–C) groups is 1. The Hall–Kier alpha value is -1.00. The SMILES string of the molecule is Fc1ccc(SC2(Cl)N=C[C]=CN2)cc1. The van der Waals surface area contributed by atoms with Crippen LogP contribution >= 0.6 is 23.4 Å². The van der Waals surface area contributed by atoms with Gasteiger partial charge in [0.2, 0.25) is 0 Å². The molecule has 1 atom stereocenters. The maximum absolute atomic E-state index is 12.7. The van der Waals surface area contributed by atoms with Crippen molar-refractivity contribution in [1.82, 2.24) is 5.32 Å². The van der Waals surface area contributed by atoms with Crippen molar-refractivity contribution in [2.75, 3.05) is 0 Å². The summed E-state index contributed by atoms with van der Waals surface area (Å²) >= 11 is 7.43. The van der Waals surface area contributed by atoms with Crippen LogP contribution < -0.4 is 5.32 Å². The summed E-state index contributed by atoms with van der Waals surface area (Å²) in [5.41, 5.74) is 0. The minimum Gasteiger partial charge on any atom is -0.345 e. The van der Waals surface area contributed by atoms with Crippen LogP contribution in [0, 0.1) is 11.9 Å². The van der Waals surface area contributed by atoms with Crippen molar-refractivity contribution in [3.05, 3.63) is 42.4 Å². The molecule has 77 valence electrons. The van der Waals surface area contributed by atoms with E-state index in [2.05, 4.69) is 16.4 Å². The van der Waals surface area contributed by atoms with Crippen LogP contribution in [0.3, 0.4) is 0 Å². The van der Waals surface area contributed by atoms with Crippen molar-refractivity contribution >= 4 is 29.6 Å². The molecular weight excluding hydrogens is 235 g/mol. The van der Waals surface area contributed by atoms with E-state index in [1.807, 2.05) is 0 Å². The summed E-state index contributed by atoms with van der Waals surface area (Å²) in [6, 6.07) is 6.08. The van der Waals surface area contributed by atoms with E-state index in [0.29, 0.717) is 0 Å². The van der Waals surface area contributed by atoms with Gasteiger partial charge in [-0.25, -0.2) is 9.38 Å². The maximum atomic E-state index is 12.7. The van der Waals surface area contributed by atoms with Gasteiger partial charge in [0.15, 0.2) is 0 Å². The summed E-state index contributed by atoms with van der Waals surface area (Å²) in [5.74, 6) is -0.267. The van der Waals surface area contributed by atoms with Crippen molar-refractivity contribution < 1.29 is 4.39 Å². The molecule has 1 N–H and O–H groups in total. The summed E-state index contributed by atoms with van der Waals surface area (Å²) < 4.78 is 11.7. The Morgan fingerprint density at radius 1 is 1.40 bits per heavy atom. The van der Waals surface area contributed by atoms with E-state index >= 15 is 0 Å². The molecule has 0 amide bonds. The Bertz CT molecular complexity index is 404. The van der Waals surface area contributed by atoms with Crippen LogP contribution in [0.2, 0.25) is 0 Å². The van der Waals surface area contributed by atoms with Crippen LogP contribution in [0.1, 0.15) is 0 Å². The van der Waals surface area contributed by atoms with Crippen molar-refractivity contribution in [1.29, 1.82) is 0 Å². The number of halogens is 2. The van der Waals surface area contributed by atoms with Gasteiger partial charge in [0.05, 0.1) is 0 Å². The largest absolute Gasteiger partial charge is 0.345 e. The molecule has 1 heterocycles. The predicted molar refractivity (Wildman–Crippen MR) is 60.3 cm³/mol. The Balaban J connectivity index is 2.11. The van der Waals surface area contributed by atoms with Gasteiger partial charge >= 0.3 is 0 Å². The second kappa shape index (κ2) is 4.24. The third-order valence-electron chi connectivity index (χ3n) is 1.71. The standard InChI is InChI=1S/C10H7ClFN2S/c11-10(13-6-1-7-14-10)15-9-4-2-8(12)3-5-9/h2-7,13H. The zero-order chi connectivity index (χ0) is 10.7. The van der Waals surface area contributed by atoms with Gasteiger partial charge in [-0.1, -0.05) is 23.4 Å². The molecule has 1 aliphatic rings. The first-order valence-electron chi connectivity index (χ1n) is 4.21. The van der Waals surface area contributed by atoms with Crippen LogP contribution in [0.15, 0.2) is 40.4 Å². The number of thioether (sulfide) groups is 1. The van der Waals surface area contributed by atoms with E-state index in [9.17, 15) is 4.39 Å². The molecule has 2 nitrogen and oxygen atoms in total. The maximum Gasteiger partial charge on any atom is 0.259 e. The van der Waals surface area contributed by atoms with Crippen LogP contribution in [-0.4, -0.2) is 10.7 Å². The van der Waals surface area contributed by atoms with Crippen molar-refractivity contribution in [3.63, 3.8) is 0 Å². The van der Waals surface area contributed by atoms with Gasteiger partial charge in [-0.3, -0.25) is 0 Å². The average molecular weight is 242 g/mol. The molecule has 0 saturated heterocycles. The molecule has 1 radical (unpaired) electrons. The zero-order valence-electron chi connectivity index (χ0n) is 7.58. The number of hydrogen-bond donors (Lipinski definition) is 1. The lowest BCUT2D eigenvalue weighted by molar-refractivity contribution is 0.626. The molecule has 1 unspecified atom stereocenters. The summed E-state index contributed by atoms with van der Waals surface area (Å²) in [5, 5.41) is 2.86. The van der Waals surface area contributed by atoms with Crippen LogP contribution in [0.25, 0.3) is 0 Å². The van der Waals surface area contributed by atoms with Crippen LogP contribution in [0.4, 0.5) is 4.39 Å². The molecule has 1 aliphatic heterocycles. The molecular formula is C10H7ClFN2S. The third kappa shape index (κ3) is 2.73. The predicted octanol–water partition coefficient (Wildman–Crippen LogP) is 2.76. The Labute approximate surface area is 96.2 Å². The Morgan fingerprint density at radius 2 is 2.13 bits per heavy atom. The van der Waals surface area contributed by atoms with Gasteiger partial charge in [-0.2, -0.15) is 0 Å². The van der Waals surface area contributed by atoms with Crippen molar-refractivity contribution in [2.45, 2.75) is 9.35 Å². The summed E-state index contributed by atoms with van der Waals surface area (Å²) in [4.78, 5) is 4.87. The molecule has 0 fully saturated rings. The molecule has 0 spiro atoms. The van der Waals surface area contributed by atoms with Gasteiger partial charge in [-0.05, 0) is 24.3 Å². The molecule has 0 saturated carbocycles. The highest BCUT2D eigenvalue weighted by Gasteiger charge is 2.26. The lowest BCUT2D eigenvalue weighted by atomic mass is 10.4. The number of nitrogens with zero attached hydrogens (tertiary/aromatic N) is 1. The second-order valence-electron chi connectivity index (χ2n) is 2.83. The number of allylic oxidation sites excluding steroid dienone is 1. The molecule has 0 aromatic heterocycles. The summed E-state index contributed by atoms with van der Waals surface area (Å²) in [7, 11) is 0. The van der Waals surface area contributed by atoms with E-state index < -0.39 is 4.45 Å². The average Bonchev–Trinajstić information content (AvgIpc) is 2.22. The fourth-order valence-electron chi connectivity index (χ4n) is 1.04. The number of alkyl halides is 1. The van der Waals surface area contributed by atoms with E-state index in [0.717, 1.165) is 4.90 Å². The highest BCUT2D eigenvalue weighted by Crippen LogP contribution is 2.36. The normalized spacial score (nSPS) is 23.9. The van der Waals surface area contributed by atoms with Gasteiger partial charge in [0.1, 0.15) is 5.82 Å². The number of nitrogens with one attached hydrogen (secondary N) is 1. The van der Waals surface area contributed by atoms with Gasteiger partial charge in [0.25, 0.3) is 4.45 Å². The summed E-state index contributed by atoms with van der Waals surface area (Å²) in [6.45, 7) is 0. The van der Waals surface area contributed by atoms with E-state index in [1.165, 1.54) is 30.1 Å². The topological polar surface area (TPSA) is 24.4 Å². The summed E-state index contributed by atoms with van der Waals surface area (Å²) in [6.07, 6.45) is 5.84. The molecule has 1 aromatic carbocycles. The minimum absolute atomic E-state index is 0.267. The van der Waals surface area contributed by atoms with Crippen molar-refractivity contribution in [3.8, 4) is 0 Å². The third-order valence-corrected chi connectivity index (χ3v) is 3.15. The monoisotopic (exact) mass is 241 g/mol. The van der Waals surface area contributed by atoms with Gasteiger partial charge in [0, 0.05) is 23.4 Å². The highest BCUT2D eigenvalue weighted by molar-refractivity contribution is 8.01. The Morgan fingerprint density at radius 3 is 2.73 bits per heavy atom. The van der Waals surface area contributed by atoms with Gasteiger partial charge in [-0.15, -0.1) is 0 Å². The van der Waals surface area contributed by atoms with Gasteiger partial charge < -0.3 is 5.32 Å². The fourth-order valence-corrected chi connectivity index (χ4v) is 2.22. The smallest absolute Gasteiger partial charge is 0.259 e. The molecule has 15 heavy (non-hydrogen) atoms. The second-order valence-corrected chi connectivity index (χ2v) is 4.87. The highest BCUT2D eigenvalue weighted by atomic mass is 35.5. The minimum atomic E-state index is -0.955. The quantitative estimate of drug-likeness (QED) is 0.636. The Kier molecular flexibility index (Phi) is 2.98. The molecule has 2 rings (SSSR count). The van der Waals surface area contributed by atoms with Crippen LogP contribution in [0.5, 0.6) is 0 Å². The zero-order valence-corrected chi connectivity index (χ0v) is 9.15. The van der Waals surface area contributed by atoms with E-state index in [1.54, 1.807) is 18.3 Å². The molecule has 0 bridgehead atoms. The molecule has 1 aromatic rings. The fraction of sp³-hybridized carbons (Fsp3) is 0.100. The number of benzene rings is 1. The lowest BCUT2D eigenvalue weighted by Crippen LogP contribution is -2.32. The van der Waals surface area contributed by atoms with Crippen LogP contribution in [-0.2, 0) is 0 Å². The first kappa shape index (κ1) is 10.5. The van der Waals surface area contributed by atoms with Crippen molar-refractivity contribution in [2.24, 2.45) is 4.99 Å². The molecule has 0 aliphatic carbocycles. The number of hydrogen-bond acceptors (Lipinski definition) is 3. The van der Waals surface area contributed by atoms with E-state index in [4.69, 9.17) is 11.6 Å². The lowest BCUT2D eigenvalue weighted by Gasteiger charge is -2.23.